The Labute approximate surface area is 170 Å². The third-order valence-corrected chi connectivity index (χ3v) is 4.58. The largest absolute Gasteiger partial charge is 0.488 e. The van der Waals surface area contributed by atoms with Crippen molar-refractivity contribution in [3.8, 4) is 5.75 Å². The summed E-state index contributed by atoms with van der Waals surface area (Å²) in [5.41, 5.74) is 5.17. The first-order chi connectivity index (χ1) is 14.1. The second-order valence-corrected chi connectivity index (χ2v) is 7.02. The van der Waals surface area contributed by atoms with E-state index in [4.69, 9.17) is 9.47 Å². The number of ether oxygens (including phenoxy) is 2. The summed E-state index contributed by atoms with van der Waals surface area (Å²) in [6.45, 7) is 4.50. The highest BCUT2D eigenvalue weighted by molar-refractivity contribution is 6.12. The lowest BCUT2D eigenvalue weighted by atomic mass is 10.1. The molecule has 0 aliphatic carbocycles. The zero-order chi connectivity index (χ0) is 20.2. The van der Waals surface area contributed by atoms with Gasteiger partial charge >= 0.3 is 5.97 Å². The van der Waals surface area contributed by atoms with Gasteiger partial charge in [-0.05, 0) is 49.8 Å². The molecular formula is C25H21NO3. The standard InChI is InChI=1S/C25H21NO3/c1-17-7-6-8-19(13-17)16-28-23-12-11-18(2)14-21(23)15-22-25(27)29-24(26-22)20-9-4-3-5-10-20/h3-15H,16H2,1-2H3/b22-15+. The Bertz CT molecular complexity index is 1110. The zero-order valence-corrected chi connectivity index (χ0v) is 16.4. The summed E-state index contributed by atoms with van der Waals surface area (Å²) in [5.74, 6) is 0.549. The highest BCUT2D eigenvalue weighted by Crippen LogP contribution is 2.26. The van der Waals surface area contributed by atoms with Crippen molar-refractivity contribution in [2.75, 3.05) is 0 Å². The fourth-order valence-corrected chi connectivity index (χ4v) is 3.14. The number of carbonyl (C=O) groups is 1. The lowest BCUT2D eigenvalue weighted by molar-refractivity contribution is -0.129. The topological polar surface area (TPSA) is 47.9 Å². The van der Waals surface area contributed by atoms with Crippen molar-refractivity contribution >= 4 is 17.9 Å². The average molecular weight is 383 g/mol. The minimum atomic E-state index is -0.463. The van der Waals surface area contributed by atoms with Crippen molar-refractivity contribution < 1.29 is 14.3 Å². The van der Waals surface area contributed by atoms with E-state index < -0.39 is 5.97 Å². The second-order valence-electron chi connectivity index (χ2n) is 7.02. The van der Waals surface area contributed by atoms with Crippen LogP contribution >= 0.6 is 0 Å². The summed E-state index contributed by atoms with van der Waals surface area (Å²) < 4.78 is 11.4. The fraction of sp³-hybridized carbons (Fsp3) is 0.120. The van der Waals surface area contributed by atoms with Gasteiger partial charge in [-0.1, -0.05) is 59.7 Å². The van der Waals surface area contributed by atoms with Gasteiger partial charge in [0.2, 0.25) is 5.90 Å². The lowest BCUT2D eigenvalue weighted by Crippen LogP contribution is -2.05. The summed E-state index contributed by atoms with van der Waals surface area (Å²) in [7, 11) is 0. The van der Waals surface area contributed by atoms with Crippen molar-refractivity contribution in [3.05, 3.63) is 106 Å². The molecule has 0 saturated carbocycles. The molecule has 3 aromatic rings. The predicted molar refractivity (Wildman–Crippen MR) is 114 cm³/mol. The van der Waals surface area contributed by atoms with E-state index >= 15 is 0 Å². The van der Waals surface area contributed by atoms with Gasteiger partial charge in [-0.3, -0.25) is 0 Å². The van der Waals surface area contributed by atoms with Crippen molar-refractivity contribution in [1.82, 2.24) is 0 Å². The third kappa shape index (κ3) is 4.43. The van der Waals surface area contributed by atoms with E-state index in [0.29, 0.717) is 18.3 Å². The molecule has 144 valence electrons. The van der Waals surface area contributed by atoms with Gasteiger partial charge in [0.1, 0.15) is 12.4 Å². The average Bonchev–Trinajstić information content (AvgIpc) is 3.08. The van der Waals surface area contributed by atoms with E-state index in [1.54, 1.807) is 6.08 Å². The molecule has 0 atom stereocenters. The van der Waals surface area contributed by atoms with Crippen LogP contribution in [0, 0.1) is 13.8 Å². The molecule has 0 radical (unpaired) electrons. The molecule has 0 N–H and O–H groups in total. The maximum absolute atomic E-state index is 12.3. The minimum absolute atomic E-state index is 0.259. The van der Waals surface area contributed by atoms with E-state index in [1.807, 2.05) is 67.6 Å². The number of nitrogens with zero attached hydrogens (tertiary/aromatic N) is 1. The van der Waals surface area contributed by atoms with E-state index in [1.165, 1.54) is 5.56 Å². The number of carbonyl (C=O) groups excluding carboxylic acids is 1. The Morgan fingerprint density at radius 2 is 1.72 bits per heavy atom. The summed E-state index contributed by atoms with van der Waals surface area (Å²) in [5, 5.41) is 0. The molecule has 1 aliphatic heterocycles. The zero-order valence-electron chi connectivity index (χ0n) is 16.4. The van der Waals surface area contributed by atoms with E-state index in [0.717, 1.165) is 22.3 Å². The van der Waals surface area contributed by atoms with Crippen LogP contribution in [-0.2, 0) is 16.1 Å². The van der Waals surface area contributed by atoms with Crippen LogP contribution in [0.25, 0.3) is 6.08 Å². The van der Waals surface area contributed by atoms with E-state index in [-0.39, 0.29) is 5.70 Å². The molecule has 29 heavy (non-hydrogen) atoms. The summed E-state index contributed by atoms with van der Waals surface area (Å²) >= 11 is 0. The first kappa shape index (κ1) is 18.7. The number of hydrogen-bond donors (Lipinski definition) is 0. The second kappa shape index (κ2) is 8.15. The van der Waals surface area contributed by atoms with Crippen molar-refractivity contribution in [2.24, 2.45) is 4.99 Å². The molecule has 0 bridgehead atoms. The number of hydrogen-bond acceptors (Lipinski definition) is 4. The highest BCUT2D eigenvalue weighted by atomic mass is 16.6. The monoisotopic (exact) mass is 383 g/mol. The number of esters is 1. The lowest BCUT2D eigenvalue weighted by Gasteiger charge is -2.11. The van der Waals surface area contributed by atoms with Crippen LogP contribution in [0.5, 0.6) is 5.75 Å². The molecule has 4 nitrogen and oxygen atoms in total. The number of cyclic esters (lactones) is 1. The number of aliphatic imine (C=N–C) groups is 1. The molecule has 0 saturated heterocycles. The van der Waals surface area contributed by atoms with Gasteiger partial charge in [0.05, 0.1) is 0 Å². The molecule has 1 heterocycles. The highest BCUT2D eigenvalue weighted by Gasteiger charge is 2.24. The van der Waals surface area contributed by atoms with Gasteiger partial charge in [0.15, 0.2) is 5.70 Å². The van der Waals surface area contributed by atoms with E-state index in [2.05, 4.69) is 24.0 Å². The van der Waals surface area contributed by atoms with Gasteiger partial charge in [-0.2, -0.15) is 0 Å². The summed E-state index contributed by atoms with van der Waals surface area (Å²) in [6.07, 6.45) is 1.72. The smallest absolute Gasteiger partial charge is 0.363 e. The molecule has 4 heteroatoms. The molecule has 0 fully saturated rings. The first-order valence-corrected chi connectivity index (χ1v) is 9.45. The van der Waals surface area contributed by atoms with Gasteiger partial charge in [0, 0.05) is 11.1 Å². The van der Waals surface area contributed by atoms with Crippen LogP contribution < -0.4 is 4.74 Å². The van der Waals surface area contributed by atoms with Crippen LogP contribution in [0.15, 0.2) is 83.5 Å². The van der Waals surface area contributed by atoms with Crippen LogP contribution in [0.4, 0.5) is 0 Å². The molecule has 3 aromatic carbocycles. The molecule has 4 rings (SSSR count). The molecular weight excluding hydrogens is 362 g/mol. The Kier molecular flexibility index (Phi) is 5.25. The summed E-state index contributed by atoms with van der Waals surface area (Å²) in [4.78, 5) is 16.7. The van der Waals surface area contributed by atoms with Crippen LogP contribution in [0.2, 0.25) is 0 Å². The molecule has 0 unspecified atom stereocenters. The third-order valence-electron chi connectivity index (χ3n) is 4.58. The predicted octanol–water partition coefficient (Wildman–Crippen LogP) is 5.23. The molecule has 0 aromatic heterocycles. The normalized spacial score (nSPS) is 14.6. The Morgan fingerprint density at radius 3 is 2.52 bits per heavy atom. The van der Waals surface area contributed by atoms with E-state index in [9.17, 15) is 4.79 Å². The van der Waals surface area contributed by atoms with Crippen molar-refractivity contribution in [2.45, 2.75) is 20.5 Å². The number of benzene rings is 3. The van der Waals surface area contributed by atoms with Gasteiger partial charge in [-0.25, -0.2) is 9.79 Å². The number of rotatable bonds is 5. The SMILES string of the molecule is Cc1cccc(COc2ccc(C)cc2/C=C2/N=C(c3ccccc3)OC2=O)c1. The maximum atomic E-state index is 12.3. The first-order valence-electron chi connectivity index (χ1n) is 9.45. The van der Waals surface area contributed by atoms with Crippen LogP contribution in [-0.4, -0.2) is 11.9 Å². The van der Waals surface area contributed by atoms with Gasteiger partial charge < -0.3 is 9.47 Å². The maximum Gasteiger partial charge on any atom is 0.363 e. The Hall–Kier alpha value is -3.66. The van der Waals surface area contributed by atoms with Crippen molar-refractivity contribution in [1.29, 1.82) is 0 Å². The minimum Gasteiger partial charge on any atom is -0.488 e. The van der Waals surface area contributed by atoms with Gasteiger partial charge in [-0.15, -0.1) is 0 Å². The van der Waals surface area contributed by atoms with Crippen molar-refractivity contribution in [3.63, 3.8) is 0 Å². The molecule has 0 amide bonds. The Morgan fingerprint density at radius 1 is 0.931 bits per heavy atom. The van der Waals surface area contributed by atoms with Gasteiger partial charge in [0.25, 0.3) is 0 Å². The van der Waals surface area contributed by atoms with Crippen LogP contribution in [0.3, 0.4) is 0 Å². The molecule has 1 aliphatic rings. The molecule has 0 spiro atoms. The fourth-order valence-electron chi connectivity index (χ4n) is 3.14. The quantitative estimate of drug-likeness (QED) is 0.448. The van der Waals surface area contributed by atoms with Crippen LogP contribution in [0.1, 0.15) is 27.8 Å². The number of aryl methyl sites for hydroxylation is 2. The summed E-state index contributed by atoms with van der Waals surface area (Å²) in [6, 6.07) is 23.5. The Balaban J connectivity index is 1.62.